The Bertz CT molecular complexity index is 2600. The summed E-state index contributed by atoms with van der Waals surface area (Å²) < 4.78 is 16.4. The summed E-state index contributed by atoms with van der Waals surface area (Å²) in [5.41, 5.74) is 7.58. The first-order chi connectivity index (χ1) is 31.1. The lowest BCUT2D eigenvalue weighted by molar-refractivity contribution is -0.685. The van der Waals surface area contributed by atoms with Gasteiger partial charge in [-0.05, 0) is 80.8 Å². The molecule has 2 aromatic heterocycles. The highest BCUT2D eigenvalue weighted by atomic mass is 16.5. The maximum Gasteiger partial charge on any atom is 0.370 e. The van der Waals surface area contributed by atoms with E-state index in [0.717, 1.165) is 76.5 Å². The number of nitrogens with zero attached hydrogens (tertiary/aromatic N) is 4. The summed E-state index contributed by atoms with van der Waals surface area (Å²) in [5.74, 6) is -0.552. The van der Waals surface area contributed by atoms with E-state index in [1.165, 1.54) is 0 Å². The van der Waals surface area contributed by atoms with Gasteiger partial charge in [0.15, 0.2) is 24.4 Å². The minimum Gasteiger partial charge on any atom is -0.493 e. The number of hydrogen-bond donors (Lipinski definition) is 2. The molecule has 0 aliphatic heterocycles. The van der Waals surface area contributed by atoms with E-state index < -0.39 is 11.9 Å². The zero-order valence-corrected chi connectivity index (χ0v) is 37.2. The van der Waals surface area contributed by atoms with E-state index in [9.17, 15) is 24.6 Å². The zero-order chi connectivity index (χ0) is 45.4. The number of carbonyl (C=O) groups excluding carboxylic acids is 1. The molecule has 0 atom stereocenters. The minimum atomic E-state index is -0.952. The first-order valence-electron chi connectivity index (χ1n) is 21.9. The van der Waals surface area contributed by atoms with Gasteiger partial charge in [0.2, 0.25) is 18.6 Å². The van der Waals surface area contributed by atoms with Crippen molar-refractivity contribution in [3.63, 3.8) is 0 Å². The van der Waals surface area contributed by atoms with Gasteiger partial charge < -0.3 is 29.5 Å². The number of pyridine rings is 2. The van der Waals surface area contributed by atoms with Crippen LogP contribution in [0.3, 0.4) is 0 Å². The van der Waals surface area contributed by atoms with Crippen molar-refractivity contribution in [1.29, 1.82) is 0 Å². The first kappa shape index (κ1) is 46.2. The number of hydrogen-bond acceptors (Lipinski definition) is 7. The number of aliphatic carboxylic acids is 2. The fourth-order valence-corrected chi connectivity index (χ4v) is 7.72. The minimum absolute atomic E-state index is 0.0755. The Morgan fingerprint density at radius 1 is 0.609 bits per heavy atom. The van der Waals surface area contributed by atoms with Crippen LogP contribution in [0.4, 0.5) is 11.4 Å². The van der Waals surface area contributed by atoms with Crippen molar-refractivity contribution in [3.05, 3.63) is 156 Å². The fraction of sp³-hybridized carbons (Fsp3) is 0.264. The number of ketones is 1. The molecule has 6 aromatic rings. The topological polar surface area (TPSA) is 124 Å². The molecule has 0 radical (unpaired) electrons. The number of Topliss-reactive ketones (excluding diaryl/α,β-unsaturated/α-hetero) is 1. The normalized spacial score (nSPS) is 11.5. The monoisotopic (exact) mass is 862 g/mol. The van der Waals surface area contributed by atoms with Crippen molar-refractivity contribution in [3.8, 4) is 11.5 Å². The number of carboxylic acid groups (broad SMARTS) is 2. The van der Waals surface area contributed by atoms with Crippen LogP contribution < -0.4 is 28.4 Å². The standard InChI is InChI=1S/C53H56N4O7/c1-5-55(6-2)44-23-21-42(20-19-40-27-30-57(38-53(61)62)48-18-13-12-17-46(40)48)50(35-44)63-31-14-32-64-51-36-45(56(7-3)8-4)24-22-43(51)34-47(49(58)33-39-15-10-9-11-16-39)41-25-28-54(29-26-41)37-52(59)60/h9-13,15-30,34-36H,5-8,14,31-33,37-38H2,1-4H3/p+2. The molecule has 0 aliphatic carbocycles. The molecule has 64 heavy (non-hydrogen) atoms. The van der Waals surface area contributed by atoms with Crippen LogP contribution in [-0.2, 0) is 33.9 Å². The molecule has 0 unspecified atom stereocenters. The smallest absolute Gasteiger partial charge is 0.370 e. The van der Waals surface area contributed by atoms with E-state index in [0.29, 0.717) is 36.5 Å². The number of rotatable bonds is 23. The lowest BCUT2D eigenvalue weighted by atomic mass is 9.95. The van der Waals surface area contributed by atoms with E-state index in [1.54, 1.807) is 39.9 Å². The number of para-hydroxylation sites is 1. The second-order valence-electron chi connectivity index (χ2n) is 15.3. The van der Waals surface area contributed by atoms with Crippen molar-refractivity contribution in [2.75, 3.05) is 49.2 Å². The van der Waals surface area contributed by atoms with Gasteiger partial charge in [0.1, 0.15) is 11.5 Å². The number of fused-ring (bicyclic) bond motifs is 1. The Morgan fingerprint density at radius 2 is 1.17 bits per heavy atom. The average Bonchev–Trinajstić information content (AvgIpc) is 3.30. The largest absolute Gasteiger partial charge is 0.493 e. The van der Waals surface area contributed by atoms with Gasteiger partial charge in [0.05, 0.1) is 18.6 Å². The Labute approximate surface area is 375 Å². The first-order valence-corrected chi connectivity index (χ1v) is 21.9. The van der Waals surface area contributed by atoms with Gasteiger partial charge in [-0.15, -0.1) is 0 Å². The number of aromatic nitrogens is 2. The second-order valence-corrected chi connectivity index (χ2v) is 15.3. The van der Waals surface area contributed by atoms with Gasteiger partial charge in [0.25, 0.3) is 0 Å². The average molecular weight is 863 g/mol. The summed E-state index contributed by atoms with van der Waals surface area (Å²) >= 11 is 0. The van der Waals surface area contributed by atoms with E-state index in [1.807, 2.05) is 97.1 Å². The lowest BCUT2D eigenvalue weighted by Crippen LogP contribution is -2.38. The number of allylic oxidation sites excluding steroid dienone is 1. The SMILES string of the molecule is CCN(CC)c1ccc(/C=C(\C(=O)Cc2ccccc2)c2cc[n+](CC(=O)O)cc2)c(OCCCOc2cc(N(CC)CC)ccc2/C=C/c2cc[n+](CC(=O)O)c3ccccc23)c1. The van der Waals surface area contributed by atoms with Crippen molar-refractivity contribution < 1.29 is 43.2 Å². The Hall–Kier alpha value is -7.27. The molecule has 6 rings (SSSR count). The Kier molecular flexibility index (Phi) is 16.4. The van der Waals surface area contributed by atoms with Crippen LogP contribution in [0.15, 0.2) is 128 Å². The number of anilines is 2. The van der Waals surface area contributed by atoms with Gasteiger partial charge in [-0.3, -0.25) is 4.79 Å². The van der Waals surface area contributed by atoms with E-state index in [-0.39, 0.29) is 25.3 Å². The molecule has 0 spiro atoms. The van der Waals surface area contributed by atoms with E-state index in [2.05, 4.69) is 55.7 Å². The summed E-state index contributed by atoms with van der Waals surface area (Å²) in [6.45, 7) is 12.2. The molecular weight excluding hydrogens is 805 g/mol. The second kappa shape index (κ2) is 22.7. The van der Waals surface area contributed by atoms with E-state index >= 15 is 0 Å². The van der Waals surface area contributed by atoms with Gasteiger partial charge in [0, 0.05) is 103 Å². The highest BCUT2D eigenvalue weighted by Crippen LogP contribution is 2.32. The van der Waals surface area contributed by atoms with Gasteiger partial charge in [-0.2, -0.15) is 9.13 Å². The fourth-order valence-electron chi connectivity index (χ4n) is 7.72. The lowest BCUT2D eigenvalue weighted by Gasteiger charge is -2.23. The summed E-state index contributed by atoms with van der Waals surface area (Å²) in [7, 11) is 0. The number of benzene rings is 4. The van der Waals surface area contributed by atoms with Gasteiger partial charge in [-0.1, -0.05) is 54.6 Å². The van der Waals surface area contributed by atoms with Crippen LogP contribution in [0.2, 0.25) is 0 Å². The van der Waals surface area contributed by atoms with Crippen LogP contribution in [0.5, 0.6) is 11.5 Å². The molecule has 0 fully saturated rings. The number of carbonyl (C=O) groups is 3. The highest BCUT2D eigenvalue weighted by Gasteiger charge is 2.19. The number of ether oxygens (including phenoxy) is 2. The van der Waals surface area contributed by atoms with Crippen LogP contribution >= 0.6 is 0 Å². The van der Waals surface area contributed by atoms with E-state index in [4.69, 9.17) is 9.47 Å². The maximum atomic E-state index is 14.1. The third-order valence-corrected chi connectivity index (χ3v) is 11.1. The molecule has 0 saturated heterocycles. The molecule has 0 bridgehead atoms. The molecule has 11 heteroatoms. The molecule has 0 saturated carbocycles. The molecule has 4 aromatic carbocycles. The maximum absolute atomic E-state index is 14.1. The molecule has 0 amide bonds. The molecule has 11 nitrogen and oxygen atoms in total. The third kappa shape index (κ3) is 12.2. The zero-order valence-electron chi connectivity index (χ0n) is 37.2. The third-order valence-electron chi connectivity index (χ3n) is 11.1. The Morgan fingerprint density at radius 3 is 1.78 bits per heavy atom. The summed E-state index contributed by atoms with van der Waals surface area (Å²) in [6.07, 6.45) is 11.9. The highest BCUT2D eigenvalue weighted by molar-refractivity contribution is 6.26. The van der Waals surface area contributed by atoms with Crippen molar-refractivity contribution in [1.82, 2.24) is 0 Å². The summed E-state index contributed by atoms with van der Waals surface area (Å²) in [6, 6.07) is 35.2. The van der Waals surface area contributed by atoms with Crippen molar-refractivity contribution in [2.24, 2.45) is 0 Å². The quantitative estimate of drug-likeness (QED) is 0.0370. The predicted octanol–water partition coefficient (Wildman–Crippen LogP) is 8.65. The van der Waals surface area contributed by atoms with Crippen LogP contribution in [-0.4, -0.2) is 67.3 Å². The summed E-state index contributed by atoms with van der Waals surface area (Å²) in [5, 5.41) is 19.7. The molecule has 0 aliphatic rings. The molecule has 2 heterocycles. The van der Waals surface area contributed by atoms with Crippen LogP contribution in [0.1, 0.15) is 61.9 Å². The Balaban J connectivity index is 1.26. The van der Waals surface area contributed by atoms with Crippen molar-refractivity contribution >= 4 is 63.8 Å². The molecular formula is C53H58N4O7+2. The molecule has 2 N–H and O–H groups in total. The predicted molar refractivity (Wildman–Crippen MR) is 254 cm³/mol. The van der Waals surface area contributed by atoms with Crippen LogP contribution in [0.25, 0.3) is 34.7 Å². The summed E-state index contributed by atoms with van der Waals surface area (Å²) in [4.78, 5) is 41.5. The van der Waals surface area contributed by atoms with Gasteiger partial charge >= 0.3 is 11.9 Å². The van der Waals surface area contributed by atoms with Crippen LogP contribution in [0, 0.1) is 0 Å². The molecule has 330 valence electrons. The van der Waals surface area contributed by atoms with Gasteiger partial charge in [-0.25, -0.2) is 9.59 Å². The van der Waals surface area contributed by atoms with Crippen molar-refractivity contribution in [2.45, 2.75) is 53.6 Å². The number of carboxylic acids is 2.